The summed E-state index contributed by atoms with van der Waals surface area (Å²) in [6, 6.07) is 0. The molecule has 0 fully saturated rings. The number of carbonyl (C=O) groups is 1. The van der Waals surface area contributed by atoms with E-state index >= 15 is 0 Å². The highest BCUT2D eigenvalue weighted by molar-refractivity contribution is 7.88. The normalized spacial score (nSPS) is 15.7. The summed E-state index contributed by atoms with van der Waals surface area (Å²) in [5.41, 5.74) is -1.18. The molecule has 35 heavy (non-hydrogen) atoms. The Labute approximate surface area is 181 Å². The Hall–Kier alpha value is -2.03. The van der Waals surface area contributed by atoms with E-state index in [2.05, 4.69) is 10.8 Å². The van der Waals surface area contributed by atoms with Crippen molar-refractivity contribution in [3.63, 3.8) is 0 Å². The second-order valence-electron chi connectivity index (χ2n) is 6.24. The number of hydrogen-bond donors (Lipinski definition) is 0. The van der Waals surface area contributed by atoms with Crippen molar-refractivity contribution in [1.29, 1.82) is 0 Å². The summed E-state index contributed by atoms with van der Waals surface area (Å²) in [4.78, 5) is 11.1. The maximum absolute atomic E-state index is 13.6. The standard InChI is InChI=1S/C13H7F17O4S/c1-3-4(2)5(31)34-35(32,33)13(29,30)11(24,25)9(20,21)7(16,17)6(14,15)8(18,19)10(22,23)12(26,27)28/h2-3H2,1H3. The first-order valence-corrected chi connectivity index (χ1v) is 9.15. The largest absolute Gasteiger partial charge is 0.460 e. The predicted molar refractivity (Wildman–Crippen MR) is 75.1 cm³/mol. The van der Waals surface area contributed by atoms with E-state index < -0.39 is 75.0 Å². The van der Waals surface area contributed by atoms with E-state index in [-0.39, 0.29) is 0 Å². The molecule has 0 aromatic rings. The Morgan fingerprint density at radius 3 is 1.20 bits per heavy atom. The molecule has 208 valence electrons. The molecule has 0 bridgehead atoms. The Balaban J connectivity index is 6.91. The van der Waals surface area contributed by atoms with Crippen molar-refractivity contribution in [3.8, 4) is 0 Å². The van der Waals surface area contributed by atoms with Gasteiger partial charge < -0.3 is 4.18 Å². The molecule has 0 unspecified atom stereocenters. The number of carbonyl (C=O) groups excluding carboxylic acids is 1. The molecule has 0 N–H and O–H groups in total. The zero-order valence-corrected chi connectivity index (χ0v) is 16.7. The van der Waals surface area contributed by atoms with Crippen LogP contribution in [0.4, 0.5) is 74.6 Å². The van der Waals surface area contributed by atoms with Gasteiger partial charge in [0.1, 0.15) is 0 Å². The van der Waals surface area contributed by atoms with Gasteiger partial charge in [-0.15, -0.1) is 0 Å². The SMILES string of the molecule is C=C(CC)C(=O)OS(=O)(=O)C(F)(F)C(F)(F)C(F)(F)C(F)(F)C(F)(F)C(F)(F)C(F)(F)C(F)(F)F. The maximum atomic E-state index is 13.6. The van der Waals surface area contributed by atoms with Gasteiger partial charge in [-0.2, -0.15) is 83.1 Å². The van der Waals surface area contributed by atoms with Gasteiger partial charge >= 0.3 is 63.1 Å². The van der Waals surface area contributed by atoms with Gasteiger partial charge in [-0.1, -0.05) is 13.5 Å². The van der Waals surface area contributed by atoms with Gasteiger partial charge in [-0.25, -0.2) is 4.79 Å². The van der Waals surface area contributed by atoms with Crippen molar-refractivity contribution in [3.05, 3.63) is 12.2 Å². The van der Waals surface area contributed by atoms with Crippen LogP contribution in [-0.2, 0) is 19.1 Å². The summed E-state index contributed by atoms with van der Waals surface area (Å²) in [7, 11) is -7.92. The lowest BCUT2D eigenvalue weighted by Crippen LogP contribution is -2.75. The lowest BCUT2D eigenvalue weighted by molar-refractivity contribution is -0.458. The second-order valence-corrected chi connectivity index (χ2v) is 7.83. The highest BCUT2D eigenvalue weighted by Crippen LogP contribution is 2.64. The van der Waals surface area contributed by atoms with Crippen molar-refractivity contribution in [1.82, 2.24) is 0 Å². The minimum absolute atomic E-state index is 0.709. The monoisotopic (exact) mass is 582 g/mol. The molecule has 0 saturated carbocycles. The molecule has 22 heteroatoms. The molecule has 0 aliphatic rings. The second kappa shape index (κ2) is 8.53. The van der Waals surface area contributed by atoms with Crippen LogP contribution in [0, 0.1) is 0 Å². The third kappa shape index (κ3) is 4.38. The van der Waals surface area contributed by atoms with E-state index in [0.717, 1.165) is 6.92 Å². The van der Waals surface area contributed by atoms with Crippen LogP contribution in [0.3, 0.4) is 0 Å². The van der Waals surface area contributed by atoms with Crippen molar-refractivity contribution in [2.45, 2.75) is 60.3 Å². The average Bonchev–Trinajstić information content (AvgIpc) is 2.64. The third-order valence-corrected chi connectivity index (χ3v) is 5.16. The maximum Gasteiger partial charge on any atom is 0.460 e. The summed E-state index contributed by atoms with van der Waals surface area (Å²) < 4.78 is 247. The van der Waals surface area contributed by atoms with Gasteiger partial charge in [0.25, 0.3) is 0 Å². The van der Waals surface area contributed by atoms with Crippen LogP contribution in [-0.4, -0.2) is 61.4 Å². The zero-order chi connectivity index (χ0) is 29.1. The van der Waals surface area contributed by atoms with Crippen molar-refractivity contribution in [2.24, 2.45) is 0 Å². The average molecular weight is 582 g/mol. The van der Waals surface area contributed by atoms with E-state index in [1.807, 2.05) is 0 Å². The zero-order valence-electron chi connectivity index (χ0n) is 15.9. The summed E-state index contributed by atoms with van der Waals surface area (Å²) in [6.45, 7) is 3.51. The summed E-state index contributed by atoms with van der Waals surface area (Å²) in [6.07, 6.45) is -8.63. The quantitative estimate of drug-likeness (QED) is 0.186. The van der Waals surface area contributed by atoms with E-state index in [4.69, 9.17) is 0 Å². The lowest BCUT2D eigenvalue weighted by Gasteiger charge is -2.42. The van der Waals surface area contributed by atoms with Crippen LogP contribution in [0.15, 0.2) is 12.2 Å². The molecule has 0 heterocycles. The van der Waals surface area contributed by atoms with Crippen LogP contribution >= 0.6 is 0 Å². The van der Waals surface area contributed by atoms with Crippen molar-refractivity contribution < 1.29 is 92.0 Å². The molecule has 0 radical (unpaired) electrons. The van der Waals surface area contributed by atoms with Crippen LogP contribution in [0.1, 0.15) is 13.3 Å². The van der Waals surface area contributed by atoms with Crippen molar-refractivity contribution >= 4 is 16.1 Å². The van der Waals surface area contributed by atoms with Gasteiger partial charge in [0.2, 0.25) is 0 Å². The van der Waals surface area contributed by atoms with Gasteiger partial charge in [-0.3, -0.25) is 0 Å². The Morgan fingerprint density at radius 1 is 0.629 bits per heavy atom. The fourth-order valence-electron chi connectivity index (χ4n) is 1.66. The van der Waals surface area contributed by atoms with Gasteiger partial charge in [0.05, 0.1) is 0 Å². The highest BCUT2D eigenvalue weighted by atomic mass is 32.2. The molecule has 0 amide bonds. The molecule has 0 saturated heterocycles. The summed E-state index contributed by atoms with van der Waals surface area (Å²) >= 11 is 0. The van der Waals surface area contributed by atoms with Gasteiger partial charge in [0, 0.05) is 5.57 Å². The fraction of sp³-hybridized carbons (Fsp3) is 0.769. The number of hydrogen-bond acceptors (Lipinski definition) is 4. The third-order valence-electron chi connectivity index (χ3n) is 3.91. The van der Waals surface area contributed by atoms with E-state index in [0.29, 0.717) is 0 Å². The Morgan fingerprint density at radius 2 is 0.914 bits per heavy atom. The summed E-state index contributed by atoms with van der Waals surface area (Å²) in [5.74, 6) is -55.0. The minimum atomic E-state index is -8.96. The Bertz CT molecular complexity index is 948. The van der Waals surface area contributed by atoms with E-state index in [1.165, 1.54) is 0 Å². The fourth-order valence-corrected chi connectivity index (χ4v) is 2.53. The highest BCUT2D eigenvalue weighted by Gasteiger charge is 2.96. The molecule has 0 aliphatic heterocycles. The molecule has 0 spiro atoms. The molecule has 0 aromatic heterocycles. The van der Waals surface area contributed by atoms with Crippen LogP contribution in [0.2, 0.25) is 0 Å². The van der Waals surface area contributed by atoms with Crippen LogP contribution < -0.4 is 0 Å². The molecule has 0 aromatic carbocycles. The predicted octanol–water partition coefficient (Wildman–Crippen LogP) is 5.79. The Kier molecular flexibility index (Phi) is 8.03. The van der Waals surface area contributed by atoms with Gasteiger partial charge in [0.15, 0.2) is 0 Å². The smallest absolute Gasteiger partial charge is 0.337 e. The minimum Gasteiger partial charge on any atom is -0.337 e. The molecular formula is C13H7F17O4S. The lowest BCUT2D eigenvalue weighted by atomic mass is 9.91. The molecule has 0 aliphatic carbocycles. The molecule has 0 atom stereocenters. The number of rotatable bonds is 10. The van der Waals surface area contributed by atoms with E-state index in [9.17, 15) is 87.8 Å². The topological polar surface area (TPSA) is 60.4 Å². The van der Waals surface area contributed by atoms with Crippen LogP contribution in [0.5, 0.6) is 0 Å². The summed E-state index contributed by atoms with van der Waals surface area (Å²) in [5, 5.41) is -7.91. The number of alkyl halides is 17. The number of halogens is 17. The van der Waals surface area contributed by atoms with Gasteiger partial charge in [-0.05, 0) is 6.42 Å². The first-order chi connectivity index (χ1) is 14.9. The van der Waals surface area contributed by atoms with E-state index in [1.54, 1.807) is 0 Å². The first-order valence-electron chi connectivity index (χ1n) is 7.74. The first kappa shape index (κ1) is 33.0. The molecular weight excluding hydrogens is 575 g/mol. The van der Waals surface area contributed by atoms with Crippen molar-refractivity contribution in [2.75, 3.05) is 0 Å². The molecule has 0 rings (SSSR count). The molecule has 4 nitrogen and oxygen atoms in total. The van der Waals surface area contributed by atoms with Crippen LogP contribution in [0.25, 0.3) is 0 Å².